The van der Waals surface area contributed by atoms with Gasteiger partial charge in [0.05, 0.1) is 5.56 Å². The van der Waals surface area contributed by atoms with Gasteiger partial charge in [-0.2, -0.15) is 5.26 Å². The Balaban J connectivity index is 1.40. The number of aryl methyl sites for hydroxylation is 1. The van der Waals surface area contributed by atoms with Crippen LogP contribution in [-0.2, 0) is 6.42 Å². The van der Waals surface area contributed by atoms with Crippen molar-refractivity contribution in [2.24, 2.45) is 11.8 Å². The lowest BCUT2D eigenvalue weighted by atomic mass is 9.77. The summed E-state index contributed by atoms with van der Waals surface area (Å²) in [6, 6.07) is 15.2. The molecular formula is C28H36FN. The van der Waals surface area contributed by atoms with Crippen molar-refractivity contribution in [2.75, 3.05) is 0 Å². The molecule has 0 heterocycles. The molecule has 2 aromatic rings. The van der Waals surface area contributed by atoms with Crippen LogP contribution in [0, 0.1) is 29.0 Å². The van der Waals surface area contributed by atoms with Crippen LogP contribution in [0.3, 0.4) is 0 Å². The van der Waals surface area contributed by atoms with Gasteiger partial charge < -0.3 is 0 Å². The summed E-state index contributed by atoms with van der Waals surface area (Å²) in [6.07, 6.45) is 16.6. The van der Waals surface area contributed by atoms with Crippen molar-refractivity contribution in [3.05, 3.63) is 59.4 Å². The van der Waals surface area contributed by atoms with E-state index < -0.39 is 5.82 Å². The molecular weight excluding hydrogens is 369 g/mol. The Morgan fingerprint density at radius 2 is 1.47 bits per heavy atom. The van der Waals surface area contributed by atoms with Crippen LogP contribution >= 0.6 is 0 Å². The van der Waals surface area contributed by atoms with Crippen LogP contribution in [0.5, 0.6) is 0 Å². The normalized spacial score (nSPS) is 18.8. The van der Waals surface area contributed by atoms with E-state index in [-0.39, 0.29) is 5.56 Å². The molecule has 0 N–H and O–H groups in total. The predicted molar refractivity (Wildman–Crippen MR) is 124 cm³/mol. The maximum atomic E-state index is 13.9. The minimum Gasteiger partial charge on any atom is -0.206 e. The van der Waals surface area contributed by atoms with Crippen LogP contribution in [0.4, 0.5) is 4.39 Å². The van der Waals surface area contributed by atoms with Crippen LogP contribution in [0.1, 0.15) is 88.7 Å². The Bertz CT molecular complexity index is 810. The van der Waals surface area contributed by atoms with Crippen molar-refractivity contribution in [1.82, 2.24) is 0 Å². The van der Waals surface area contributed by atoms with Gasteiger partial charge in [-0.3, -0.25) is 0 Å². The van der Waals surface area contributed by atoms with E-state index in [0.29, 0.717) is 0 Å². The van der Waals surface area contributed by atoms with E-state index in [1.165, 1.54) is 82.3 Å². The highest BCUT2D eigenvalue weighted by Crippen LogP contribution is 2.34. The van der Waals surface area contributed by atoms with Gasteiger partial charge in [0, 0.05) is 0 Å². The lowest BCUT2D eigenvalue weighted by Crippen LogP contribution is -2.15. The molecule has 0 saturated heterocycles. The third kappa shape index (κ3) is 6.69. The van der Waals surface area contributed by atoms with Crippen molar-refractivity contribution >= 4 is 0 Å². The average Bonchev–Trinajstić information content (AvgIpc) is 2.78. The minimum atomic E-state index is -0.448. The summed E-state index contributed by atoms with van der Waals surface area (Å²) in [4.78, 5) is 0. The van der Waals surface area contributed by atoms with Crippen molar-refractivity contribution in [2.45, 2.75) is 84.0 Å². The number of halogens is 1. The first kappa shape index (κ1) is 22.5. The molecule has 3 rings (SSSR count). The van der Waals surface area contributed by atoms with Gasteiger partial charge in [0.1, 0.15) is 11.9 Å². The van der Waals surface area contributed by atoms with Crippen molar-refractivity contribution in [1.29, 1.82) is 5.26 Å². The van der Waals surface area contributed by atoms with E-state index in [0.717, 1.165) is 29.4 Å². The Hall–Kier alpha value is -2.14. The Labute approximate surface area is 182 Å². The quantitative estimate of drug-likeness (QED) is 0.364. The summed E-state index contributed by atoms with van der Waals surface area (Å²) in [7, 11) is 0. The SMILES string of the molecule is CCCCCCCC1CCC(CCc2ccc(-c3ccc(C#N)c(F)c3)cc2)CC1. The summed E-state index contributed by atoms with van der Waals surface area (Å²) in [5.74, 6) is 1.42. The van der Waals surface area contributed by atoms with E-state index >= 15 is 0 Å². The van der Waals surface area contributed by atoms with E-state index in [1.54, 1.807) is 6.07 Å². The van der Waals surface area contributed by atoms with Crippen LogP contribution in [0.15, 0.2) is 42.5 Å². The lowest BCUT2D eigenvalue weighted by molar-refractivity contribution is 0.249. The molecule has 0 radical (unpaired) electrons. The van der Waals surface area contributed by atoms with Gasteiger partial charge in [0.15, 0.2) is 0 Å². The lowest BCUT2D eigenvalue weighted by Gasteiger charge is -2.28. The molecule has 0 atom stereocenters. The minimum absolute atomic E-state index is 0.0987. The fourth-order valence-electron chi connectivity index (χ4n) is 4.87. The highest BCUT2D eigenvalue weighted by atomic mass is 19.1. The second-order valence-electron chi connectivity index (χ2n) is 9.13. The molecule has 0 aliphatic heterocycles. The van der Waals surface area contributed by atoms with Gasteiger partial charge in [-0.1, -0.05) is 101 Å². The van der Waals surface area contributed by atoms with E-state index in [2.05, 4.69) is 31.2 Å². The third-order valence-corrected chi connectivity index (χ3v) is 6.90. The van der Waals surface area contributed by atoms with Gasteiger partial charge in [0.25, 0.3) is 0 Å². The van der Waals surface area contributed by atoms with Crippen molar-refractivity contribution < 1.29 is 4.39 Å². The molecule has 2 aromatic carbocycles. The standard InChI is InChI=1S/C28H36FN/c1-2-3-4-5-6-7-22-8-10-23(11-9-22)12-13-24-14-16-25(17-15-24)26-18-19-27(21-30)28(29)20-26/h14-20,22-23H,2-13H2,1H3. The first-order chi connectivity index (χ1) is 14.7. The molecule has 160 valence electrons. The second-order valence-corrected chi connectivity index (χ2v) is 9.13. The molecule has 1 aliphatic rings. The van der Waals surface area contributed by atoms with Crippen molar-refractivity contribution in [3.63, 3.8) is 0 Å². The smallest absolute Gasteiger partial charge is 0.141 e. The van der Waals surface area contributed by atoms with Crippen LogP contribution in [-0.4, -0.2) is 0 Å². The molecule has 0 unspecified atom stereocenters. The maximum Gasteiger partial charge on any atom is 0.141 e. The summed E-state index contributed by atoms with van der Waals surface area (Å²) < 4.78 is 13.9. The predicted octanol–water partition coefficient (Wildman–Crippen LogP) is 8.46. The molecule has 0 amide bonds. The van der Waals surface area contributed by atoms with Gasteiger partial charge in [-0.15, -0.1) is 0 Å². The fraction of sp³-hybridized carbons (Fsp3) is 0.536. The molecule has 2 heteroatoms. The summed E-state index contributed by atoms with van der Waals surface area (Å²) >= 11 is 0. The zero-order valence-electron chi connectivity index (χ0n) is 18.5. The van der Waals surface area contributed by atoms with Gasteiger partial charge in [-0.25, -0.2) is 4.39 Å². The van der Waals surface area contributed by atoms with Gasteiger partial charge in [-0.05, 0) is 53.5 Å². The number of nitrogens with zero attached hydrogens (tertiary/aromatic N) is 1. The Kier molecular flexibility index (Phi) is 8.94. The van der Waals surface area contributed by atoms with Gasteiger partial charge >= 0.3 is 0 Å². The van der Waals surface area contributed by atoms with E-state index in [9.17, 15) is 4.39 Å². The summed E-state index contributed by atoms with van der Waals surface area (Å²) in [6.45, 7) is 2.28. The largest absolute Gasteiger partial charge is 0.206 e. The second kappa shape index (κ2) is 11.9. The van der Waals surface area contributed by atoms with Crippen LogP contribution in [0.25, 0.3) is 11.1 Å². The zero-order valence-corrected chi connectivity index (χ0v) is 18.5. The topological polar surface area (TPSA) is 23.8 Å². The zero-order chi connectivity index (χ0) is 21.2. The van der Waals surface area contributed by atoms with Crippen molar-refractivity contribution in [3.8, 4) is 17.2 Å². The average molecular weight is 406 g/mol. The Morgan fingerprint density at radius 1 is 0.833 bits per heavy atom. The number of benzene rings is 2. The number of nitriles is 1. The highest BCUT2D eigenvalue weighted by Gasteiger charge is 2.20. The first-order valence-electron chi connectivity index (χ1n) is 12.0. The molecule has 1 aliphatic carbocycles. The monoisotopic (exact) mass is 405 g/mol. The molecule has 1 saturated carbocycles. The maximum absolute atomic E-state index is 13.9. The number of unbranched alkanes of at least 4 members (excludes halogenated alkanes) is 4. The summed E-state index contributed by atoms with van der Waals surface area (Å²) in [5.41, 5.74) is 3.29. The van der Waals surface area contributed by atoms with Crippen LogP contribution < -0.4 is 0 Å². The number of hydrogen-bond donors (Lipinski definition) is 0. The fourth-order valence-corrected chi connectivity index (χ4v) is 4.87. The van der Waals surface area contributed by atoms with Gasteiger partial charge in [0.2, 0.25) is 0 Å². The van der Waals surface area contributed by atoms with E-state index in [1.807, 2.05) is 12.1 Å². The number of rotatable bonds is 10. The summed E-state index contributed by atoms with van der Waals surface area (Å²) in [5, 5.41) is 8.87. The molecule has 0 bridgehead atoms. The third-order valence-electron chi connectivity index (χ3n) is 6.90. The number of hydrogen-bond acceptors (Lipinski definition) is 1. The molecule has 1 nitrogen and oxygen atoms in total. The molecule has 1 fully saturated rings. The van der Waals surface area contributed by atoms with E-state index in [4.69, 9.17) is 5.26 Å². The molecule has 0 spiro atoms. The first-order valence-corrected chi connectivity index (χ1v) is 12.0. The molecule has 30 heavy (non-hydrogen) atoms. The van der Waals surface area contributed by atoms with Crippen LogP contribution in [0.2, 0.25) is 0 Å². The Morgan fingerprint density at radius 3 is 2.10 bits per heavy atom. The highest BCUT2D eigenvalue weighted by molar-refractivity contribution is 5.64. The molecule has 0 aromatic heterocycles.